The van der Waals surface area contributed by atoms with Crippen LogP contribution in [0.1, 0.15) is 71.1 Å². The van der Waals surface area contributed by atoms with E-state index in [2.05, 4.69) is 6.92 Å². The fourth-order valence-corrected chi connectivity index (χ4v) is 6.69. The van der Waals surface area contributed by atoms with Crippen LogP contribution >= 0.6 is 0 Å². The average molecular weight is 288 g/mol. The van der Waals surface area contributed by atoms with Gasteiger partial charge in [-0.3, -0.25) is 9.59 Å². The largest absolute Gasteiger partial charge is 0.300 e. The molecule has 4 rings (SSSR count). The number of rotatable bonds is 0. The fraction of sp³-hybridized carbons (Fsp3) is 0.895. The Bertz CT molecular complexity index is 468. The average Bonchev–Trinajstić information content (AvgIpc) is 2.45. The second-order valence-corrected chi connectivity index (χ2v) is 8.66. The van der Waals surface area contributed by atoms with Gasteiger partial charge in [0.2, 0.25) is 0 Å². The minimum atomic E-state index is 0.299. The van der Waals surface area contributed by atoms with Gasteiger partial charge in [-0.15, -0.1) is 0 Å². The molecule has 116 valence electrons. The molecule has 4 fully saturated rings. The van der Waals surface area contributed by atoms with E-state index in [0.29, 0.717) is 22.9 Å². The summed E-state index contributed by atoms with van der Waals surface area (Å²) < 4.78 is 0. The molecule has 2 nitrogen and oxygen atoms in total. The Morgan fingerprint density at radius 1 is 0.857 bits per heavy atom. The van der Waals surface area contributed by atoms with Crippen molar-refractivity contribution in [2.24, 2.45) is 35.0 Å². The van der Waals surface area contributed by atoms with Crippen molar-refractivity contribution in [3.63, 3.8) is 0 Å². The summed E-state index contributed by atoms with van der Waals surface area (Å²) in [6, 6.07) is 0. The molecule has 0 spiro atoms. The van der Waals surface area contributed by atoms with Crippen LogP contribution in [0.4, 0.5) is 0 Å². The lowest BCUT2D eigenvalue weighted by Gasteiger charge is -2.57. The second kappa shape index (κ2) is 4.93. The molecule has 4 aliphatic carbocycles. The Morgan fingerprint density at radius 3 is 2.52 bits per heavy atom. The minimum Gasteiger partial charge on any atom is -0.300 e. The normalized spacial score (nSPS) is 50.0. The van der Waals surface area contributed by atoms with E-state index in [9.17, 15) is 9.59 Å². The minimum absolute atomic E-state index is 0.299. The first-order chi connectivity index (χ1) is 10.1. The number of ketones is 2. The van der Waals surface area contributed by atoms with Crippen LogP contribution in [0.5, 0.6) is 0 Å². The zero-order valence-corrected chi connectivity index (χ0v) is 13.3. The van der Waals surface area contributed by atoms with Gasteiger partial charge in [0.05, 0.1) is 0 Å². The van der Waals surface area contributed by atoms with E-state index in [1.165, 1.54) is 25.7 Å². The number of Topliss-reactive ketones (excluding diaryl/α,β-unsaturated/α-hetero) is 2. The Labute approximate surface area is 128 Å². The Balaban J connectivity index is 1.57. The number of fused-ring (bicyclic) bond motifs is 5. The van der Waals surface area contributed by atoms with Gasteiger partial charge >= 0.3 is 0 Å². The van der Waals surface area contributed by atoms with Crippen LogP contribution < -0.4 is 0 Å². The summed E-state index contributed by atoms with van der Waals surface area (Å²) in [5.41, 5.74) is 0.299. The van der Waals surface area contributed by atoms with Crippen molar-refractivity contribution in [1.29, 1.82) is 0 Å². The summed E-state index contributed by atoms with van der Waals surface area (Å²) in [5.74, 6) is 5.04. The summed E-state index contributed by atoms with van der Waals surface area (Å²) in [6.07, 6.45) is 10.9. The quantitative estimate of drug-likeness (QED) is 0.670. The zero-order chi connectivity index (χ0) is 14.6. The molecule has 4 aliphatic rings. The summed E-state index contributed by atoms with van der Waals surface area (Å²) in [4.78, 5) is 23.7. The van der Waals surface area contributed by atoms with Crippen LogP contribution in [0.3, 0.4) is 0 Å². The lowest BCUT2D eigenvalue weighted by Crippen LogP contribution is -2.51. The lowest BCUT2D eigenvalue weighted by atomic mass is 9.47. The van der Waals surface area contributed by atoms with E-state index < -0.39 is 0 Å². The van der Waals surface area contributed by atoms with Crippen LogP contribution in [0.15, 0.2) is 0 Å². The molecule has 0 radical (unpaired) electrons. The number of hydrogen-bond donors (Lipinski definition) is 0. The van der Waals surface area contributed by atoms with Gasteiger partial charge in [-0.25, -0.2) is 0 Å². The molecule has 21 heavy (non-hydrogen) atoms. The first kappa shape index (κ1) is 14.0. The number of carbonyl (C=O) groups is 2. The molecule has 0 aliphatic heterocycles. The first-order valence-electron chi connectivity index (χ1n) is 9.10. The summed E-state index contributed by atoms with van der Waals surface area (Å²) in [5, 5.41) is 0. The maximum absolute atomic E-state index is 11.9. The molecule has 2 heteroatoms. The van der Waals surface area contributed by atoms with Crippen LogP contribution in [-0.4, -0.2) is 11.6 Å². The van der Waals surface area contributed by atoms with Crippen LogP contribution in [0, 0.1) is 35.0 Å². The molecule has 0 aromatic heterocycles. The fourth-order valence-electron chi connectivity index (χ4n) is 6.69. The topological polar surface area (TPSA) is 34.1 Å². The van der Waals surface area contributed by atoms with Crippen molar-refractivity contribution in [3.05, 3.63) is 0 Å². The molecule has 0 saturated heterocycles. The molecular weight excluding hydrogens is 260 g/mol. The van der Waals surface area contributed by atoms with Gasteiger partial charge in [0.25, 0.3) is 0 Å². The monoisotopic (exact) mass is 288 g/mol. The number of hydrogen-bond acceptors (Lipinski definition) is 2. The SMILES string of the molecule is C[C@]12CC[C@H]3[C@@H](CC[C@@H]4CC(=O)CC[C@@H]43)[C@@H]1CCC(=O)C2. The molecule has 0 N–H and O–H groups in total. The van der Waals surface area contributed by atoms with Crippen molar-refractivity contribution in [2.45, 2.75) is 71.1 Å². The van der Waals surface area contributed by atoms with Crippen molar-refractivity contribution in [2.75, 3.05) is 0 Å². The summed E-state index contributed by atoms with van der Waals surface area (Å²) in [6.45, 7) is 2.39. The van der Waals surface area contributed by atoms with E-state index >= 15 is 0 Å². The van der Waals surface area contributed by atoms with E-state index in [-0.39, 0.29) is 0 Å². The van der Waals surface area contributed by atoms with E-state index in [1.54, 1.807) is 0 Å². The van der Waals surface area contributed by atoms with E-state index in [1.807, 2.05) is 0 Å². The lowest BCUT2D eigenvalue weighted by molar-refractivity contribution is -0.138. The van der Waals surface area contributed by atoms with Gasteiger partial charge in [0.15, 0.2) is 0 Å². The summed E-state index contributed by atoms with van der Waals surface area (Å²) >= 11 is 0. The van der Waals surface area contributed by atoms with Crippen molar-refractivity contribution in [1.82, 2.24) is 0 Å². The molecule has 6 atom stereocenters. The van der Waals surface area contributed by atoms with Crippen molar-refractivity contribution in [3.8, 4) is 0 Å². The van der Waals surface area contributed by atoms with Crippen LogP contribution in [0.25, 0.3) is 0 Å². The third kappa shape index (κ3) is 2.21. The van der Waals surface area contributed by atoms with Gasteiger partial charge in [-0.2, -0.15) is 0 Å². The predicted octanol–water partition coefficient (Wildman–Crippen LogP) is 4.17. The van der Waals surface area contributed by atoms with Gasteiger partial charge in [-0.05, 0) is 73.5 Å². The van der Waals surface area contributed by atoms with E-state index in [4.69, 9.17) is 0 Å². The van der Waals surface area contributed by atoms with Gasteiger partial charge in [-0.1, -0.05) is 6.92 Å². The smallest absolute Gasteiger partial charge is 0.133 e. The molecular formula is C19H28O2. The maximum Gasteiger partial charge on any atom is 0.133 e. The van der Waals surface area contributed by atoms with Gasteiger partial charge < -0.3 is 0 Å². The highest BCUT2D eigenvalue weighted by molar-refractivity contribution is 5.80. The van der Waals surface area contributed by atoms with Crippen LogP contribution in [0.2, 0.25) is 0 Å². The molecule has 0 bridgehead atoms. The zero-order valence-electron chi connectivity index (χ0n) is 13.3. The second-order valence-electron chi connectivity index (χ2n) is 8.66. The third-order valence-corrected chi connectivity index (χ3v) is 7.62. The molecule has 0 aromatic carbocycles. The first-order valence-corrected chi connectivity index (χ1v) is 9.10. The highest BCUT2D eigenvalue weighted by Gasteiger charge is 2.53. The Morgan fingerprint density at radius 2 is 1.67 bits per heavy atom. The highest BCUT2D eigenvalue weighted by Crippen LogP contribution is 2.60. The highest BCUT2D eigenvalue weighted by atomic mass is 16.1. The van der Waals surface area contributed by atoms with Gasteiger partial charge in [0.1, 0.15) is 11.6 Å². The summed E-state index contributed by atoms with van der Waals surface area (Å²) in [7, 11) is 0. The standard InChI is InChI=1S/C19H28O2/c1-19-9-8-16-15-6-3-13(20)10-12(15)2-5-17(16)18(19)7-4-14(21)11-19/h12,15-18H,2-11H2,1H3/t12-,15+,16-,17-,18+,19-/m1/s1. The molecule has 0 unspecified atom stereocenters. The Hall–Kier alpha value is -0.660. The predicted molar refractivity (Wildman–Crippen MR) is 81.7 cm³/mol. The number of carbonyl (C=O) groups excluding carboxylic acids is 2. The van der Waals surface area contributed by atoms with Crippen molar-refractivity contribution >= 4 is 11.6 Å². The van der Waals surface area contributed by atoms with Crippen molar-refractivity contribution < 1.29 is 9.59 Å². The molecule has 0 aromatic rings. The maximum atomic E-state index is 11.9. The third-order valence-electron chi connectivity index (χ3n) is 7.62. The molecule has 4 saturated carbocycles. The molecule has 0 amide bonds. The van der Waals surface area contributed by atoms with Gasteiger partial charge in [0, 0.05) is 25.7 Å². The molecule has 0 heterocycles. The van der Waals surface area contributed by atoms with E-state index in [0.717, 1.165) is 62.2 Å². The Kier molecular flexibility index (Phi) is 3.28. The van der Waals surface area contributed by atoms with Crippen LogP contribution in [-0.2, 0) is 9.59 Å².